The summed E-state index contributed by atoms with van der Waals surface area (Å²) in [5, 5.41) is 2.58. The second-order valence-corrected chi connectivity index (χ2v) is 4.85. The van der Waals surface area contributed by atoms with E-state index in [-0.39, 0.29) is 0 Å². The van der Waals surface area contributed by atoms with E-state index in [1.807, 2.05) is 12.1 Å². The number of rotatable bonds is 2. The molecule has 1 saturated heterocycles. The van der Waals surface area contributed by atoms with Crippen LogP contribution in [0.4, 0.5) is 9.59 Å². The zero-order valence-electron chi connectivity index (χ0n) is 10.1. The molecule has 1 atom stereocenters. The van der Waals surface area contributed by atoms with Crippen LogP contribution in [0.3, 0.4) is 0 Å². The topological polar surface area (TPSA) is 52.7 Å². The molecule has 0 aliphatic carbocycles. The summed E-state index contributed by atoms with van der Waals surface area (Å²) in [7, 11) is 0. The van der Waals surface area contributed by atoms with E-state index in [1.54, 1.807) is 25.1 Å². The van der Waals surface area contributed by atoms with Crippen molar-refractivity contribution in [2.75, 3.05) is 0 Å². The van der Waals surface area contributed by atoms with Crippen LogP contribution in [0.25, 0.3) is 6.08 Å². The summed E-state index contributed by atoms with van der Waals surface area (Å²) >= 11 is 11.5. The Morgan fingerprint density at radius 1 is 1.26 bits per heavy atom. The van der Waals surface area contributed by atoms with Gasteiger partial charge in [0.2, 0.25) is 0 Å². The van der Waals surface area contributed by atoms with Gasteiger partial charge < -0.3 is 5.32 Å². The lowest BCUT2D eigenvalue weighted by Crippen LogP contribution is -2.64. The first-order chi connectivity index (χ1) is 8.90. The minimum absolute atomic E-state index is 0.396. The highest BCUT2D eigenvalue weighted by Crippen LogP contribution is 2.32. The van der Waals surface area contributed by atoms with Crippen molar-refractivity contribution >= 4 is 41.7 Å². The second kappa shape index (κ2) is 4.75. The van der Waals surface area contributed by atoms with Gasteiger partial charge in [-0.15, -0.1) is 0 Å². The SMILES string of the molecule is C=Cc1ccc(C2(C)NC(=O)N(Cl)C(=O)N2Cl)cc1. The number of nitrogens with zero attached hydrogens (tertiary/aromatic N) is 2. The molecular formula is C12H11Cl2N3O2. The van der Waals surface area contributed by atoms with Crippen LogP contribution < -0.4 is 5.32 Å². The number of urea groups is 2. The summed E-state index contributed by atoms with van der Waals surface area (Å²) < 4.78 is 1.25. The van der Waals surface area contributed by atoms with E-state index in [2.05, 4.69) is 11.9 Å². The average Bonchev–Trinajstić information content (AvgIpc) is 2.43. The molecule has 0 radical (unpaired) electrons. The highest BCUT2D eigenvalue weighted by atomic mass is 35.5. The third kappa shape index (κ3) is 2.15. The number of hydrogen-bond acceptors (Lipinski definition) is 2. The van der Waals surface area contributed by atoms with Crippen LogP contribution in [0.1, 0.15) is 18.1 Å². The van der Waals surface area contributed by atoms with Gasteiger partial charge in [0.05, 0.1) is 0 Å². The molecule has 0 spiro atoms. The van der Waals surface area contributed by atoms with E-state index < -0.39 is 17.7 Å². The van der Waals surface area contributed by atoms with Crippen molar-refractivity contribution in [2.45, 2.75) is 12.6 Å². The Hall–Kier alpha value is -1.72. The molecule has 1 N–H and O–H groups in total. The smallest absolute Gasteiger partial charge is 0.309 e. The largest absolute Gasteiger partial charge is 0.360 e. The number of halogens is 2. The van der Waals surface area contributed by atoms with Gasteiger partial charge in [0, 0.05) is 23.6 Å². The molecule has 1 heterocycles. The van der Waals surface area contributed by atoms with Crippen molar-refractivity contribution < 1.29 is 9.59 Å². The summed E-state index contributed by atoms with van der Waals surface area (Å²) in [5.74, 6) is 0. The normalized spacial score (nSPS) is 23.3. The number of carbonyl (C=O) groups is 2. The van der Waals surface area contributed by atoms with E-state index in [4.69, 9.17) is 23.6 Å². The van der Waals surface area contributed by atoms with Gasteiger partial charge >= 0.3 is 12.1 Å². The Morgan fingerprint density at radius 2 is 1.84 bits per heavy atom. The molecule has 1 aromatic rings. The highest BCUT2D eigenvalue weighted by molar-refractivity contribution is 6.34. The summed E-state index contributed by atoms with van der Waals surface area (Å²) in [6.45, 7) is 5.27. The van der Waals surface area contributed by atoms with Gasteiger partial charge in [0.1, 0.15) is 0 Å². The Balaban J connectivity index is 2.42. The summed E-state index contributed by atoms with van der Waals surface area (Å²) in [6.07, 6.45) is 1.69. The summed E-state index contributed by atoms with van der Waals surface area (Å²) in [6, 6.07) is 5.60. The van der Waals surface area contributed by atoms with Gasteiger partial charge in [-0.25, -0.2) is 14.0 Å². The zero-order valence-corrected chi connectivity index (χ0v) is 11.6. The van der Waals surface area contributed by atoms with Crippen molar-refractivity contribution in [1.29, 1.82) is 0 Å². The van der Waals surface area contributed by atoms with Gasteiger partial charge in [-0.1, -0.05) is 36.9 Å². The Kier molecular flexibility index (Phi) is 3.43. The van der Waals surface area contributed by atoms with Crippen LogP contribution in [-0.2, 0) is 5.66 Å². The molecule has 1 aliphatic rings. The fourth-order valence-electron chi connectivity index (χ4n) is 1.79. The summed E-state index contributed by atoms with van der Waals surface area (Å²) in [5.41, 5.74) is 0.404. The van der Waals surface area contributed by atoms with Crippen LogP contribution in [0.5, 0.6) is 0 Å². The lowest BCUT2D eigenvalue weighted by molar-refractivity contribution is 0.122. The lowest BCUT2D eigenvalue weighted by Gasteiger charge is -2.42. The Morgan fingerprint density at radius 3 is 2.37 bits per heavy atom. The average molecular weight is 300 g/mol. The molecule has 0 aromatic heterocycles. The molecule has 5 nitrogen and oxygen atoms in total. The maximum atomic E-state index is 11.8. The third-order valence-corrected chi connectivity index (χ3v) is 3.75. The monoisotopic (exact) mass is 299 g/mol. The number of nitrogens with one attached hydrogen (secondary N) is 1. The quantitative estimate of drug-likeness (QED) is 0.852. The van der Waals surface area contributed by atoms with Crippen LogP contribution >= 0.6 is 23.6 Å². The van der Waals surface area contributed by atoms with Crippen molar-refractivity contribution in [3.05, 3.63) is 42.0 Å². The van der Waals surface area contributed by atoms with Crippen molar-refractivity contribution in [3.63, 3.8) is 0 Å². The second-order valence-electron chi connectivity index (χ2n) is 4.17. The van der Waals surface area contributed by atoms with E-state index >= 15 is 0 Å². The molecule has 4 amide bonds. The van der Waals surface area contributed by atoms with E-state index in [0.29, 0.717) is 9.98 Å². The first kappa shape index (κ1) is 13.7. The van der Waals surface area contributed by atoms with E-state index in [1.165, 1.54) is 0 Å². The molecule has 7 heteroatoms. The van der Waals surface area contributed by atoms with Crippen molar-refractivity contribution in [3.8, 4) is 0 Å². The zero-order chi connectivity index (χ0) is 14.2. The lowest BCUT2D eigenvalue weighted by atomic mass is 9.99. The van der Waals surface area contributed by atoms with Crippen LogP contribution in [0, 0.1) is 0 Å². The Bertz CT molecular complexity index is 546. The maximum absolute atomic E-state index is 11.8. The maximum Gasteiger partial charge on any atom is 0.360 e. The molecular weight excluding hydrogens is 289 g/mol. The highest BCUT2D eigenvalue weighted by Gasteiger charge is 2.46. The third-order valence-electron chi connectivity index (χ3n) is 2.97. The number of amides is 4. The van der Waals surface area contributed by atoms with Gasteiger partial charge in [-0.2, -0.15) is 4.42 Å². The number of imide groups is 1. The van der Waals surface area contributed by atoms with Gasteiger partial charge in [-0.05, 0) is 18.1 Å². The molecule has 0 saturated carbocycles. The molecule has 0 bridgehead atoms. The standard InChI is InChI=1S/C12H11Cl2N3O2/c1-3-8-4-6-9(7-5-8)12(2)15-10(18)16(13)11(19)17(12)14/h3-7H,1H2,2H3,(H,15,18). The number of benzene rings is 1. The fourth-order valence-corrected chi connectivity index (χ4v) is 2.16. The molecule has 2 rings (SSSR count). The molecule has 1 aliphatic heterocycles. The van der Waals surface area contributed by atoms with Crippen LogP contribution in [-0.4, -0.2) is 20.9 Å². The first-order valence-electron chi connectivity index (χ1n) is 5.41. The number of hydrogen-bond donors (Lipinski definition) is 1. The van der Waals surface area contributed by atoms with Gasteiger partial charge in [-0.3, -0.25) is 0 Å². The van der Waals surface area contributed by atoms with E-state index in [0.717, 1.165) is 9.98 Å². The molecule has 1 unspecified atom stereocenters. The fraction of sp³-hybridized carbons (Fsp3) is 0.167. The predicted molar refractivity (Wildman–Crippen MR) is 73.2 cm³/mol. The molecule has 100 valence electrons. The number of carbonyl (C=O) groups excluding carboxylic acids is 2. The van der Waals surface area contributed by atoms with Crippen LogP contribution in [0.15, 0.2) is 30.8 Å². The minimum Gasteiger partial charge on any atom is -0.309 e. The molecule has 1 fully saturated rings. The minimum atomic E-state index is -1.17. The van der Waals surface area contributed by atoms with E-state index in [9.17, 15) is 9.59 Å². The van der Waals surface area contributed by atoms with Gasteiger partial charge in [0.15, 0.2) is 5.66 Å². The predicted octanol–water partition coefficient (Wildman–Crippen LogP) is 3.26. The van der Waals surface area contributed by atoms with Crippen LogP contribution in [0.2, 0.25) is 0 Å². The Labute approximate surface area is 120 Å². The molecule has 19 heavy (non-hydrogen) atoms. The first-order valence-corrected chi connectivity index (χ1v) is 6.09. The van der Waals surface area contributed by atoms with Crippen molar-refractivity contribution in [1.82, 2.24) is 14.2 Å². The van der Waals surface area contributed by atoms with Gasteiger partial charge in [0.25, 0.3) is 0 Å². The summed E-state index contributed by atoms with van der Waals surface area (Å²) in [4.78, 5) is 23.4. The molecule has 1 aromatic carbocycles. The van der Waals surface area contributed by atoms with Crippen molar-refractivity contribution in [2.24, 2.45) is 0 Å².